The minimum atomic E-state index is 0.541. The van der Waals surface area contributed by atoms with E-state index in [4.69, 9.17) is 15.7 Å². The molecule has 0 radical (unpaired) electrons. The lowest BCUT2D eigenvalue weighted by Crippen LogP contribution is -1.92. The van der Waals surface area contributed by atoms with Gasteiger partial charge in [0.1, 0.15) is 11.8 Å². The Hall–Kier alpha value is -2.19. The number of pyridine rings is 1. The van der Waals surface area contributed by atoms with Crippen molar-refractivity contribution in [2.45, 2.75) is 10.6 Å². The number of methoxy groups -OCH3 is 1. The van der Waals surface area contributed by atoms with Gasteiger partial charge in [-0.3, -0.25) is 4.98 Å². The number of hydrogen-bond acceptors (Lipinski definition) is 5. The number of ether oxygens (including phenoxy) is 1. The highest BCUT2D eigenvalue weighted by Crippen LogP contribution is 2.29. The fourth-order valence-electron chi connectivity index (χ4n) is 1.60. The van der Waals surface area contributed by atoms with E-state index in [1.807, 2.05) is 18.2 Å². The largest absolute Gasteiger partial charge is 0.495 e. The standard InChI is InChI=1S/C14H13N3OS/c1-18-13-6-10(2-3-11(13)7-15)9-19-14-4-5-17-8-12(14)16/h2-6,8H,9,16H2,1H3. The quantitative estimate of drug-likeness (QED) is 0.866. The minimum Gasteiger partial charge on any atom is -0.495 e. The molecule has 0 aliphatic carbocycles. The number of rotatable bonds is 4. The highest BCUT2D eigenvalue weighted by atomic mass is 32.2. The highest BCUT2D eigenvalue weighted by molar-refractivity contribution is 7.98. The summed E-state index contributed by atoms with van der Waals surface area (Å²) in [5.74, 6) is 1.36. The van der Waals surface area contributed by atoms with Gasteiger partial charge < -0.3 is 10.5 Å². The van der Waals surface area contributed by atoms with E-state index in [9.17, 15) is 0 Å². The van der Waals surface area contributed by atoms with Gasteiger partial charge in [-0.25, -0.2) is 0 Å². The summed E-state index contributed by atoms with van der Waals surface area (Å²) >= 11 is 1.63. The number of aromatic nitrogens is 1. The Balaban J connectivity index is 2.13. The smallest absolute Gasteiger partial charge is 0.136 e. The summed E-state index contributed by atoms with van der Waals surface area (Å²) in [6.45, 7) is 0. The van der Waals surface area contributed by atoms with E-state index in [0.29, 0.717) is 17.0 Å². The summed E-state index contributed by atoms with van der Waals surface area (Å²) < 4.78 is 5.19. The first-order valence-corrected chi connectivity index (χ1v) is 6.62. The lowest BCUT2D eigenvalue weighted by molar-refractivity contribution is 0.413. The van der Waals surface area contributed by atoms with Crippen LogP contribution in [0.1, 0.15) is 11.1 Å². The molecule has 5 heteroatoms. The number of thioether (sulfide) groups is 1. The molecule has 2 N–H and O–H groups in total. The molecule has 0 aliphatic rings. The second-order valence-corrected chi connectivity index (χ2v) is 4.87. The highest BCUT2D eigenvalue weighted by Gasteiger charge is 2.05. The number of nitriles is 1. The summed E-state index contributed by atoms with van der Waals surface area (Å²) in [5.41, 5.74) is 8.13. The van der Waals surface area contributed by atoms with Crippen LogP contribution in [0.25, 0.3) is 0 Å². The van der Waals surface area contributed by atoms with Gasteiger partial charge in [0.05, 0.1) is 24.6 Å². The second-order valence-electron chi connectivity index (χ2n) is 3.85. The Morgan fingerprint density at radius 3 is 2.95 bits per heavy atom. The van der Waals surface area contributed by atoms with Crippen molar-refractivity contribution < 1.29 is 4.74 Å². The van der Waals surface area contributed by atoms with Gasteiger partial charge in [-0.1, -0.05) is 6.07 Å². The average Bonchev–Trinajstić information content (AvgIpc) is 2.46. The number of nitrogens with zero attached hydrogens (tertiary/aromatic N) is 2. The van der Waals surface area contributed by atoms with Crippen molar-refractivity contribution in [2.24, 2.45) is 0 Å². The zero-order valence-electron chi connectivity index (χ0n) is 10.5. The molecule has 0 bridgehead atoms. The summed E-state index contributed by atoms with van der Waals surface area (Å²) in [6, 6.07) is 9.55. The number of anilines is 1. The van der Waals surface area contributed by atoms with Crippen LogP contribution in [0.4, 0.5) is 5.69 Å². The second kappa shape index (κ2) is 6.12. The third-order valence-corrected chi connectivity index (χ3v) is 3.75. The molecule has 4 nitrogen and oxygen atoms in total. The summed E-state index contributed by atoms with van der Waals surface area (Å²) in [6.07, 6.45) is 3.36. The number of hydrogen-bond donors (Lipinski definition) is 1. The summed E-state index contributed by atoms with van der Waals surface area (Å²) in [7, 11) is 1.56. The van der Waals surface area contributed by atoms with E-state index in [0.717, 1.165) is 16.2 Å². The summed E-state index contributed by atoms with van der Waals surface area (Å²) in [5, 5.41) is 8.93. The Kier molecular flexibility index (Phi) is 4.26. The van der Waals surface area contributed by atoms with Crippen LogP contribution in [-0.4, -0.2) is 12.1 Å². The Morgan fingerprint density at radius 2 is 2.26 bits per heavy atom. The zero-order valence-corrected chi connectivity index (χ0v) is 11.3. The Morgan fingerprint density at radius 1 is 1.42 bits per heavy atom. The first-order valence-electron chi connectivity index (χ1n) is 5.64. The molecule has 0 spiro atoms. The van der Waals surface area contributed by atoms with E-state index >= 15 is 0 Å². The predicted octanol–water partition coefficient (Wildman–Crippen LogP) is 2.84. The molecular weight excluding hydrogens is 258 g/mol. The molecular formula is C14H13N3OS. The van der Waals surface area contributed by atoms with Gasteiger partial charge in [-0.05, 0) is 23.8 Å². The molecule has 0 unspecified atom stereocenters. The van der Waals surface area contributed by atoms with Gasteiger partial charge in [-0.2, -0.15) is 5.26 Å². The van der Waals surface area contributed by atoms with Crippen LogP contribution in [0.2, 0.25) is 0 Å². The Bertz CT molecular complexity index is 622. The van der Waals surface area contributed by atoms with Crippen molar-refractivity contribution in [3.63, 3.8) is 0 Å². The van der Waals surface area contributed by atoms with Gasteiger partial charge in [-0.15, -0.1) is 11.8 Å². The molecule has 1 heterocycles. The third kappa shape index (κ3) is 3.18. The molecule has 1 aromatic carbocycles. The summed E-state index contributed by atoms with van der Waals surface area (Å²) in [4.78, 5) is 4.95. The predicted molar refractivity (Wildman–Crippen MR) is 75.9 cm³/mol. The normalized spacial score (nSPS) is 9.89. The van der Waals surface area contributed by atoms with Crippen molar-refractivity contribution in [1.82, 2.24) is 4.98 Å². The molecule has 0 amide bonds. The molecule has 0 fully saturated rings. The molecule has 2 rings (SSSR count). The van der Waals surface area contributed by atoms with E-state index in [1.54, 1.807) is 37.3 Å². The van der Waals surface area contributed by atoms with E-state index < -0.39 is 0 Å². The molecule has 0 saturated heterocycles. The van der Waals surface area contributed by atoms with Crippen LogP contribution in [-0.2, 0) is 5.75 Å². The van der Waals surface area contributed by atoms with Crippen LogP contribution in [0.3, 0.4) is 0 Å². The maximum absolute atomic E-state index is 8.93. The van der Waals surface area contributed by atoms with E-state index in [1.165, 1.54) is 0 Å². The SMILES string of the molecule is COc1cc(CSc2ccncc2N)ccc1C#N. The maximum Gasteiger partial charge on any atom is 0.136 e. The fourth-order valence-corrected chi connectivity index (χ4v) is 2.48. The average molecular weight is 271 g/mol. The molecule has 0 saturated carbocycles. The lowest BCUT2D eigenvalue weighted by Gasteiger charge is -2.07. The molecule has 2 aromatic rings. The number of benzene rings is 1. The molecule has 0 atom stereocenters. The number of nitrogen functional groups attached to an aromatic ring is 1. The van der Waals surface area contributed by atoms with Crippen LogP contribution in [0.15, 0.2) is 41.6 Å². The van der Waals surface area contributed by atoms with Crippen LogP contribution >= 0.6 is 11.8 Å². The van der Waals surface area contributed by atoms with Crippen molar-refractivity contribution in [3.8, 4) is 11.8 Å². The number of nitrogens with two attached hydrogens (primary N) is 1. The minimum absolute atomic E-state index is 0.541. The maximum atomic E-state index is 8.93. The monoisotopic (exact) mass is 271 g/mol. The van der Waals surface area contributed by atoms with Gasteiger partial charge in [0.15, 0.2) is 0 Å². The van der Waals surface area contributed by atoms with Crippen molar-refractivity contribution in [1.29, 1.82) is 5.26 Å². The zero-order chi connectivity index (χ0) is 13.7. The van der Waals surface area contributed by atoms with Gasteiger partial charge in [0, 0.05) is 16.8 Å². The van der Waals surface area contributed by atoms with Crippen LogP contribution in [0.5, 0.6) is 5.75 Å². The van der Waals surface area contributed by atoms with Gasteiger partial charge >= 0.3 is 0 Å². The Labute approximate surface area is 116 Å². The van der Waals surface area contributed by atoms with E-state index in [-0.39, 0.29) is 0 Å². The van der Waals surface area contributed by atoms with Crippen molar-refractivity contribution in [3.05, 3.63) is 47.8 Å². The van der Waals surface area contributed by atoms with Gasteiger partial charge in [0.25, 0.3) is 0 Å². The van der Waals surface area contributed by atoms with Crippen molar-refractivity contribution in [2.75, 3.05) is 12.8 Å². The van der Waals surface area contributed by atoms with Crippen LogP contribution < -0.4 is 10.5 Å². The first-order chi connectivity index (χ1) is 9.24. The molecule has 1 aromatic heterocycles. The van der Waals surface area contributed by atoms with Crippen molar-refractivity contribution >= 4 is 17.4 Å². The van der Waals surface area contributed by atoms with Crippen LogP contribution in [0, 0.1) is 11.3 Å². The third-order valence-electron chi connectivity index (χ3n) is 2.59. The molecule has 0 aliphatic heterocycles. The topological polar surface area (TPSA) is 71.9 Å². The molecule has 96 valence electrons. The first kappa shape index (κ1) is 13.2. The fraction of sp³-hybridized carbons (Fsp3) is 0.143. The molecule has 19 heavy (non-hydrogen) atoms. The lowest BCUT2D eigenvalue weighted by atomic mass is 10.1. The van der Waals surface area contributed by atoms with E-state index in [2.05, 4.69) is 11.1 Å². The van der Waals surface area contributed by atoms with Gasteiger partial charge in [0.2, 0.25) is 0 Å².